The number of rotatable bonds is 3. The van der Waals surface area contributed by atoms with Crippen molar-refractivity contribution in [2.45, 2.75) is 13.0 Å². The van der Waals surface area contributed by atoms with Gasteiger partial charge >= 0.3 is 0 Å². The molecule has 1 aromatic carbocycles. The topological polar surface area (TPSA) is 43.8 Å². The number of aliphatic hydroxyl groups excluding tert-OH is 1. The van der Waals surface area contributed by atoms with E-state index in [0.717, 1.165) is 12.2 Å². The molecule has 0 aromatic heterocycles. The molecular formula is C13H18N2O2. The number of amides is 1. The van der Waals surface area contributed by atoms with Gasteiger partial charge in [-0.25, -0.2) is 0 Å². The number of anilines is 1. The molecule has 0 spiro atoms. The fourth-order valence-corrected chi connectivity index (χ4v) is 1.84. The number of benzene rings is 1. The van der Waals surface area contributed by atoms with Gasteiger partial charge < -0.3 is 14.9 Å². The number of carbonyl (C=O) groups is 1. The third-order valence-electron chi connectivity index (χ3n) is 3.18. The molecule has 0 unspecified atom stereocenters. The molecule has 0 aliphatic carbocycles. The first-order chi connectivity index (χ1) is 8.11. The monoisotopic (exact) mass is 234 g/mol. The highest BCUT2D eigenvalue weighted by atomic mass is 16.3. The van der Waals surface area contributed by atoms with Crippen LogP contribution >= 0.6 is 0 Å². The van der Waals surface area contributed by atoms with Crippen LogP contribution in [0.3, 0.4) is 0 Å². The second-order valence-corrected chi connectivity index (χ2v) is 4.43. The standard InChI is InChI=1S/C13H18N2O2/c1-3-14(2)11-6-4-10(5-7-11)13(17)15-8-12(16)9-15/h4-7,12,16H,3,8-9H2,1-2H3. The van der Waals surface area contributed by atoms with Crippen LogP contribution in [0, 0.1) is 0 Å². The first-order valence-corrected chi connectivity index (χ1v) is 5.90. The molecule has 17 heavy (non-hydrogen) atoms. The van der Waals surface area contributed by atoms with Gasteiger partial charge in [0, 0.05) is 37.9 Å². The predicted molar refractivity (Wildman–Crippen MR) is 67.3 cm³/mol. The van der Waals surface area contributed by atoms with E-state index in [-0.39, 0.29) is 12.0 Å². The van der Waals surface area contributed by atoms with E-state index in [4.69, 9.17) is 5.11 Å². The maximum atomic E-state index is 11.9. The lowest BCUT2D eigenvalue weighted by Crippen LogP contribution is -2.53. The molecule has 0 bridgehead atoms. The predicted octanol–water partition coefficient (Wildman–Crippen LogP) is 0.959. The summed E-state index contributed by atoms with van der Waals surface area (Å²) in [6.45, 7) is 3.93. The molecule has 1 saturated heterocycles. The summed E-state index contributed by atoms with van der Waals surface area (Å²) in [4.78, 5) is 15.7. The zero-order valence-corrected chi connectivity index (χ0v) is 10.3. The van der Waals surface area contributed by atoms with Crippen molar-refractivity contribution in [2.75, 3.05) is 31.6 Å². The Morgan fingerprint density at radius 3 is 2.47 bits per heavy atom. The molecule has 1 aliphatic rings. The molecule has 1 fully saturated rings. The van der Waals surface area contributed by atoms with Gasteiger partial charge in [0.25, 0.3) is 5.91 Å². The van der Waals surface area contributed by atoms with Gasteiger partial charge in [0.1, 0.15) is 0 Å². The summed E-state index contributed by atoms with van der Waals surface area (Å²) in [6, 6.07) is 7.59. The van der Waals surface area contributed by atoms with E-state index in [1.165, 1.54) is 0 Å². The number of nitrogens with zero attached hydrogens (tertiary/aromatic N) is 2. The summed E-state index contributed by atoms with van der Waals surface area (Å²) in [5.74, 6) is 0.000927. The fraction of sp³-hybridized carbons (Fsp3) is 0.462. The average Bonchev–Trinajstić information content (AvgIpc) is 2.33. The van der Waals surface area contributed by atoms with Crippen molar-refractivity contribution < 1.29 is 9.90 Å². The van der Waals surface area contributed by atoms with Crippen LogP contribution in [0.5, 0.6) is 0 Å². The van der Waals surface area contributed by atoms with Gasteiger partial charge in [0.2, 0.25) is 0 Å². The van der Waals surface area contributed by atoms with Gasteiger partial charge in [-0.05, 0) is 31.2 Å². The van der Waals surface area contributed by atoms with Crippen molar-refractivity contribution in [3.05, 3.63) is 29.8 Å². The number of β-amino-alcohol motifs (C(OH)–C–C–N with tert-alkyl or cyclic N) is 1. The molecule has 1 aliphatic heterocycles. The Balaban J connectivity index is 2.05. The highest BCUT2D eigenvalue weighted by molar-refractivity contribution is 5.95. The number of hydrogen-bond acceptors (Lipinski definition) is 3. The molecule has 4 nitrogen and oxygen atoms in total. The first kappa shape index (κ1) is 11.9. The van der Waals surface area contributed by atoms with Gasteiger partial charge in [-0.2, -0.15) is 0 Å². The van der Waals surface area contributed by atoms with E-state index in [1.54, 1.807) is 4.90 Å². The summed E-state index contributed by atoms with van der Waals surface area (Å²) in [5, 5.41) is 9.16. The van der Waals surface area contributed by atoms with Crippen LogP contribution in [-0.4, -0.2) is 48.7 Å². The molecule has 0 atom stereocenters. The second kappa shape index (κ2) is 4.75. The molecule has 0 saturated carbocycles. The first-order valence-electron chi connectivity index (χ1n) is 5.90. The Labute approximate surface area is 101 Å². The van der Waals surface area contributed by atoms with Crippen molar-refractivity contribution in [1.82, 2.24) is 4.90 Å². The third kappa shape index (κ3) is 2.42. The van der Waals surface area contributed by atoms with Gasteiger partial charge in [-0.1, -0.05) is 0 Å². The molecule has 0 radical (unpaired) electrons. The summed E-state index contributed by atoms with van der Waals surface area (Å²) in [7, 11) is 2.02. The highest BCUT2D eigenvalue weighted by Gasteiger charge is 2.29. The lowest BCUT2D eigenvalue weighted by molar-refractivity contribution is 0.00590. The largest absolute Gasteiger partial charge is 0.389 e. The van der Waals surface area contributed by atoms with Gasteiger partial charge in [-0.15, -0.1) is 0 Å². The van der Waals surface area contributed by atoms with Crippen molar-refractivity contribution in [2.24, 2.45) is 0 Å². The maximum Gasteiger partial charge on any atom is 0.254 e. The summed E-state index contributed by atoms with van der Waals surface area (Å²) >= 11 is 0. The van der Waals surface area contributed by atoms with E-state index >= 15 is 0 Å². The lowest BCUT2D eigenvalue weighted by Gasteiger charge is -2.35. The maximum absolute atomic E-state index is 11.9. The second-order valence-electron chi connectivity index (χ2n) is 4.43. The third-order valence-corrected chi connectivity index (χ3v) is 3.18. The lowest BCUT2D eigenvalue weighted by atomic mass is 10.1. The minimum Gasteiger partial charge on any atom is -0.389 e. The molecule has 92 valence electrons. The smallest absolute Gasteiger partial charge is 0.254 e. The van der Waals surface area contributed by atoms with Crippen LogP contribution in [-0.2, 0) is 0 Å². The zero-order valence-electron chi connectivity index (χ0n) is 10.3. The van der Waals surface area contributed by atoms with Gasteiger partial charge in [-0.3, -0.25) is 4.79 Å². The van der Waals surface area contributed by atoms with Crippen LogP contribution in [0.1, 0.15) is 17.3 Å². The van der Waals surface area contributed by atoms with Crippen LogP contribution in [0.4, 0.5) is 5.69 Å². The van der Waals surface area contributed by atoms with E-state index in [2.05, 4.69) is 11.8 Å². The Hall–Kier alpha value is -1.55. The average molecular weight is 234 g/mol. The Kier molecular flexibility index (Phi) is 3.33. The Morgan fingerprint density at radius 2 is 2.00 bits per heavy atom. The minimum atomic E-state index is -0.343. The zero-order chi connectivity index (χ0) is 12.4. The number of likely N-dealkylation sites (tertiary alicyclic amines) is 1. The minimum absolute atomic E-state index is 0.000927. The van der Waals surface area contributed by atoms with Crippen LogP contribution in [0.2, 0.25) is 0 Å². The van der Waals surface area contributed by atoms with Crippen molar-refractivity contribution in [3.63, 3.8) is 0 Å². The van der Waals surface area contributed by atoms with Crippen molar-refractivity contribution in [3.8, 4) is 0 Å². The summed E-state index contributed by atoms with van der Waals surface area (Å²) in [5.41, 5.74) is 1.79. The molecule has 1 amide bonds. The molecule has 2 rings (SSSR count). The van der Waals surface area contributed by atoms with Crippen molar-refractivity contribution >= 4 is 11.6 Å². The Bertz CT molecular complexity index is 396. The molecule has 4 heteroatoms. The fourth-order valence-electron chi connectivity index (χ4n) is 1.84. The Morgan fingerprint density at radius 1 is 1.41 bits per heavy atom. The summed E-state index contributed by atoms with van der Waals surface area (Å²) < 4.78 is 0. The molecule has 1 heterocycles. The molecule has 1 N–H and O–H groups in total. The van der Waals surface area contributed by atoms with E-state index in [1.807, 2.05) is 31.3 Å². The van der Waals surface area contributed by atoms with Gasteiger partial charge in [0.15, 0.2) is 0 Å². The highest BCUT2D eigenvalue weighted by Crippen LogP contribution is 2.17. The van der Waals surface area contributed by atoms with Gasteiger partial charge in [0.05, 0.1) is 6.10 Å². The van der Waals surface area contributed by atoms with E-state index in [9.17, 15) is 4.79 Å². The van der Waals surface area contributed by atoms with Crippen LogP contribution < -0.4 is 4.90 Å². The van der Waals surface area contributed by atoms with E-state index < -0.39 is 0 Å². The number of aliphatic hydroxyl groups is 1. The quantitative estimate of drug-likeness (QED) is 0.847. The van der Waals surface area contributed by atoms with Crippen molar-refractivity contribution in [1.29, 1.82) is 0 Å². The molecule has 1 aromatic rings. The number of hydrogen-bond donors (Lipinski definition) is 1. The SMILES string of the molecule is CCN(C)c1ccc(C(=O)N2CC(O)C2)cc1. The molecular weight excluding hydrogens is 216 g/mol. The normalized spacial score (nSPS) is 15.6. The van der Waals surface area contributed by atoms with E-state index in [0.29, 0.717) is 18.7 Å². The summed E-state index contributed by atoms with van der Waals surface area (Å²) in [6.07, 6.45) is -0.343. The van der Waals surface area contributed by atoms with Crippen LogP contribution in [0.15, 0.2) is 24.3 Å². The van der Waals surface area contributed by atoms with Crippen LogP contribution in [0.25, 0.3) is 0 Å². The number of carbonyl (C=O) groups excluding carboxylic acids is 1.